The Labute approximate surface area is 64.6 Å². The van der Waals surface area contributed by atoms with E-state index in [0.29, 0.717) is 5.92 Å². The summed E-state index contributed by atoms with van der Waals surface area (Å²) in [5.74, 6) is 1.40. The molecule has 10 heavy (non-hydrogen) atoms. The van der Waals surface area contributed by atoms with E-state index in [1.165, 1.54) is 0 Å². The van der Waals surface area contributed by atoms with Crippen molar-refractivity contribution in [2.45, 2.75) is 24.9 Å². The van der Waals surface area contributed by atoms with Gasteiger partial charge in [0.05, 0.1) is 0 Å². The van der Waals surface area contributed by atoms with Gasteiger partial charge in [-0.25, -0.2) is 0 Å². The van der Waals surface area contributed by atoms with Crippen molar-refractivity contribution < 1.29 is 0 Å². The number of nitrogens with one attached hydrogen (secondary N) is 1. The van der Waals surface area contributed by atoms with Crippen LogP contribution in [0.4, 0.5) is 0 Å². The zero-order valence-electron chi connectivity index (χ0n) is 6.38. The SMILES string of the molecule is CSc1nnc(C(C)C)[nH]1. The van der Waals surface area contributed by atoms with Crippen molar-refractivity contribution >= 4 is 11.8 Å². The fourth-order valence-corrected chi connectivity index (χ4v) is 0.940. The topological polar surface area (TPSA) is 41.6 Å². The van der Waals surface area contributed by atoms with E-state index >= 15 is 0 Å². The van der Waals surface area contributed by atoms with Gasteiger partial charge in [0.2, 0.25) is 0 Å². The van der Waals surface area contributed by atoms with E-state index in [2.05, 4.69) is 29.0 Å². The van der Waals surface area contributed by atoms with Crippen LogP contribution in [-0.2, 0) is 0 Å². The van der Waals surface area contributed by atoms with Gasteiger partial charge in [0.15, 0.2) is 5.16 Å². The van der Waals surface area contributed by atoms with Crippen molar-refractivity contribution in [3.05, 3.63) is 5.82 Å². The lowest BCUT2D eigenvalue weighted by Gasteiger charge is -1.94. The average molecular weight is 157 g/mol. The predicted octanol–water partition coefficient (Wildman–Crippen LogP) is 1.65. The minimum Gasteiger partial charge on any atom is -0.320 e. The highest BCUT2D eigenvalue weighted by molar-refractivity contribution is 7.98. The van der Waals surface area contributed by atoms with Crippen LogP contribution in [0.5, 0.6) is 0 Å². The van der Waals surface area contributed by atoms with Gasteiger partial charge < -0.3 is 4.98 Å². The fraction of sp³-hybridized carbons (Fsp3) is 0.667. The van der Waals surface area contributed by atoms with Crippen molar-refractivity contribution in [3.63, 3.8) is 0 Å². The van der Waals surface area contributed by atoms with Gasteiger partial charge in [0.1, 0.15) is 5.82 Å². The standard InChI is InChI=1S/C6H11N3S/c1-4(2)5-7-6(10-3)9-8-5/h4H,1-3H3,(H,7,8,9). The maximum absolute atomic E-state index is 3.96. The number of nitrogens with zero attached hydrogens (tertiary/aromatic N) is 2. The maximum atomic E-state index is 3.96. The van der Waals surface area contributed by atoms with Crippen molar-refractivity contribution in [2.24, 2.45) is 0 Å². The number of aromatic amines is 1. The van der Waals surface area contributed by atoms with Crippen molar-refractivity contribution in [1.29, 1.82) is 0 Å². The molecule has 0 aliphatic heterocycles. The van der Waals surface area contributed by atoms with Crippen LogP contribution in [0.2, 0.25) is 0 Å². The number of thioether (sulfide) groups is 1. The summed E-state index contributed by atoms with van der Waals surface area (Å²) in [5, 5.41) is 8.77. The molecule has 0 aliphatic rings. The molecule has 0 amide bonds. The summed E-state index contributed by atoms with van der Waals surface area (Å²) in [6.45, 7) is 4.18. The molecule has 1 heterocycles. The summed E-state index contributed by atoms with van der Waals surface area (Å²) < 4.78 is 0. The highest BCUT2D eigenvalue weighted by Gasteiger charge is 2.03. The Bertz CT molecular complexity index is 207. The second-order valence-electron chi connectivity index (χ2n) is 2.37. The van der Waals surface area contributed by atoms with Gasteiger partial charge in [0.25, 0.3) is 0 Å². The van der Waals surface area contributed by atoms with E-state index in [-0.39, 0.29) is 0 Å². The first-order valence-corrected chi connectivity index (χ1v) is 4.43. The van der Waals surface area contributed by atoms with Crippen molar-refractivity contribution in [3.8, 4) is 0 Å². The molecule has 56 valence electrons. The van der Waals surface area contributed by atoms with Crippen LogP contribution < -0.4 is 0 Å². The van der Waals surface area contributed by atoms with E-state index in [1.54, 1.807) is 11.8 Å². The highest BCUT2D eigenvalue weighted by Crippen LogP contribution is 2.12. The lowest BCUT2D eigenvalue weighted by atomic mass is 10.2. The molecule has 0 aromatic carbocycles. The Kier molecular flexibility index (Phi) is 2.32. The third-order valence-electron chi connectivity index (χ3n) is 1.22. The van der Waals surface area contributed by atoms with Crippen LogP contribution in [0.1, 0.15) is 25.6 Å². The normalized spacial score (nSPS) is 10.8. The lowest BCUT2D eigenvalue weighted by Crippen LogP contribution is -1.88. The van der Waals surface area contributed by atoms with Crippen molar-refractivity contribution in [1.82, 2.24) is 15.2 Å². The number of aromatic nitrogens is 3. The molecule has 0 radical (unpaired) electrons. The monoisotopic (exact) mass is 157 g/mol. The Morgan fingerprint density at radius 1 is 1.40 bits per heavy atom. The summed E-state index contributed by atoms with van der Waals surface area (Å²) in [6.07, 6.45) is 1.98. The molecule has 1 rings (SSSR count). The Balaban J connectivity index is 2.78. The molecule has 1 N–H and O–H groups in total. The highest BCUT2D eigenvalue weighted by atomic mass is 32.2. The van der Waals surface area contributed by atoms with E-state index in [4.69, 9.17) is 0 Å². The van der Waals surface area contributed by atoms with Crippen LogP contribution in [0.15, 0.2) is 5.16 Å². The zero-order chi connectivity index (χ0) is 7.56. The molecular weight excluding hydrogens is 146 g/mol. The first kappa shape index (κ1) is 7.60. The molecule has 1 aromatic rings. The molecule has 0 saturated carbocycles. The summed E-state index contributed by atoms with van der Waals surface area (Å²) in [4.78, 5) is 3.10. The molecule has 4 heteroatoms. The maximum Gasteiger partial charge on any atom is 0.188 e. The molecule has 3 nitrogen and oxygen atoms in total. The van der Waals surface area contributed by atoms with Gasteiger partial charge in [-0.3, -0.25) is 0 Å². The summed E-state index contributed by atoms with van der Waals surface area (Å²) in [7, 11) is 0. The third-order valence-corrected chi connectivity index (χ3v) is 1.79. The van der Waals surface area contributed by atoms with E-state index < -0.39 is 0 Å². The molecule has 0 aliphatic carbocycles. The second kappa shape index (κ2) is 3.05. The first-order valence-electron chi connectivity index (χ1n) is 3.20. The van der Waals surface area contributed by atoms with Gasteiger partial charge >= 0.3 is 0 Å². The van der Waals surface area contributed by atoms with Gasteiger partial charge in [-0.1, -0.05) is 25.6 Å². The van der Waals surface area contributed by atoms with Crippen molar-refractivity contribution in [2.75, 3.05) is 6.26 Å². The third kappa shape index (κ3) is 1.50. The van der Waals surface area contributed by atoms with Crippen LogP contribution in [0.3, 0.4) is 0 Å². The molecule has 0 atom stereocenters. The summed E-state index contributed by atoms with van der Waals surface area (Å²) >= 11 is 1.58. The number of hydrogen-bond acceptors (Lipinski definition) is 3. The van der Waals surface area contributed by atoms with Gasteiger partial charge in [-0.05, 0) is 6.26 Å². The molecule has 0 saturated heterocycles. The molecule has 1 aromatic heterocycles. The van der Waals surface area contributed by atoms with Crippen LogP contribution in [0.25, 0.3) is 0 Å². The van der Waals surface area contributed by atoms with E-state index in [9.17, 15) is 0 Å². The Hall–Kier alpha value is -0.510. The molecule has 0 bridgehead atoms. The zero-order valence-corrected chi connectivity index (χ0v) is 7.20. The summed E-state index contributed by atoms with van der Waals surface area (Å²) in [6, 6.07) is 0. The van der Waals surface area contributed by atoms with Crippen LogP contribution >= 0.6 is 11.8 Å². The summed E-state index contributed by atoms with van der Waals surface area (Å²) in [5.41, 5.74) is 0. The molecule has 0 fully saturated rings. The van der Waals surface area contributed by atoms with E-state index in [1.807, 2.05) is 6.26 Å². The second-order valence-corrected chi connectivity index (χ2v) is 3.17. The Morgan fingerprint density at radius 3 is 2.40 bits per heavy atom. The quantitative estimate of drug-likeness (QED) is 0.664. The molecule has 0 unspecified atom stereocenters. The van der Waals surface area contributed by atoms with E-state index in [0.717, 1.165) is 11.0 Å². The largest absolute Gasteiger partial charge is 0.320 e. The van der Waals surface area contributed by atoms with Crippen LogP contribution in [-0.4, -0.2) is 21.4 Å². The number of hydrogen-bond donors (Lipinski definition) is 1. The van der Waals surface area contributed by atoms with Gasteiger partial charge in [-0.2, -0.15) is 0 Å². The minimum absolute atomic E-state index is 0.438. The number of rotatable bonds is 2. The molecular formula is C6H11N3S. The van der Waals surface area contributed by atoms with Gasteiger partial charge in [-0.15, -0.1) is 10.2 Å². The molecule has 0 spiro atoms. The van der Waals surface area contributed by atoms with Crippen LogP contribution in [0, 0.1) is 0 Å². The first-order chi connectivity index (χ1) is 4.74. The predicted molar refractivity (Wildman–Crippen MR) is 42.3 cm³/mol. The lowest BCUT2D eigenvalue weighted by molar-refractivity contribution is 0.780. The average Bonchev–Trinajstić information content (AvgIpc) is 2.34. The Morgan fingerprint density at radius 2 is 2.10 bits per heavy atom. The fourth-order valence-electron chi connectivity index (χ4n) is 0.611. The minimum atomic E-state index is 0.438. The number of H-pyrrole nitrogens is 1. The smallest absolute Gasteiger partial charge is 0.188 e. The van der Waals surface area contributed by atoms with Gasteiger partial charge in [0, 0.05) is 5.92 Å².